The highest BCUT2D eigenvalue weighted by Gasteiger charge is 2.15. The zero-order valence-corrected chi connectivity index (χ0v) is 14.3. The van der Waals surface area contributed by atoms with Crippen molar-refractivity contribution >= 4 is 33.4 Å². The molecule has 0 fully saturated rings. The van der Waals surface area contributed by atoms with Crippen LogP contribution in [-0.4, -0.2) is 14.3 Å². The second-order valence-electron chi connectivity index (χ2n) is 5.35. The summed E-state index contributed by atoms with van der Waals surface area (Å²) in [4.78, 5) is 11.0. The van der Waals surface area contributed by atoms with Crippen LogP contribution in [0.2, 0.25) is 0 Å². The first kappa shape index (κ1) is 18.6. The number of carbonyl (C=O) groups excluding carboxylic acids is 1. The van der Waals surface area contributed by atoms with E-state index in [1.165, 1.54) is 6.08 Å². The minimum atomic E-state index is -4.03. The number of benzene rings is 2. The van der Waals surface area contributed by atoms with Crippen molar-refractivity contribution in [1.29, 1.82) is 0 Å². The zero-order valence-electron chi connectivity index (χ0n) is 13.5. The molecule has 0 aromatic heterocycles. The van der Waals surface area contributed by atoms with E-state index in [1.807, 2.05) is 23.8 Å². The monoisotopic (exact) mass is 366 g/mol. The van der Waals surface area contributed by atoms with E-state index < -0.39 is 33.3 Å². The van der Waals surface area contributed by atoms with Crippen LogP contribution in [0.4, 0.5) is 20.2 Å². The molecular formula is C17H16F2N2O3S. The maximum atomic E-state index is 13.8. The summed E-state index contributed by atoms with van der Waals surface area (Å²) in [6, 6.07) is 8.47. The average Bonchev–Trinajstić information content (AvgIpc) is 2.51. The molecule has 25 heavy (non-hydrogen) atoms. The Balaban J connectivity index is 2.24. The molecule has 0 saturated carbocycles. The number of halogens is 2. The Morgan fingerprint density at radius 2 is 1.64 bits per heavy atom. The number of sulfonamides is 1. The second kappa shape index (κ2) is 7.43. The topological polar surface area (TPSA) is 75.3 Å². The molecule has 1 amide bonds. The van der Waals surface area contributed by atoms with E-state index in [0.717, 1.165) is 24.0 Å². The highest BCUT2D eigenvalue weighted by atomic mass is 32.2. The highest BCUT2D eigenvalue weighted by molar-refractivity contribution is 7.95. The van der Waals surface area contributed by atoms with Gasteiger partial charge in [-0.25, -0.2) is 17.2 Å². The lowest BCUT2D eigenvalue weighted by Crippen LogP contribution is -2.13. The van der Waals surface area contributed by atoms with Crippen LogP contribution in [-0.2, 0) is 14.8 Å². The highest BCUT2D eigenvalue weighted by Crippen LogP contribution is 2.24. The Labute approximate surface area is 144 Å². The molecule has 0 atom stereocenters. The Hall–Kier alpha value is -2.74. The van der Waals surface area contributed by atoms with Crippen molar-refractivity contribution < 1.29 is 22.0 Å². The molecule has 132 valence electrons. The number of hydrogen-bond donors (Lipinski definition) is 2. The van der Waals surface area contributed by atoms with Gasteiger partial charge in [-0.15, -0.1) is 0 Å². The first-order valence-corrected chi connectivity index (χ1v) is 8.75. The maximum Gasteiger partial charge on any atom is 0.255 e. The van der Waals surface area contributed by atoms with E-state index >= 15 is 0 Å². The number of nitrogens with one attached hydrogen (secondary N) is 2. The lowest BCUT2D eigenvalue weighted by molar-refractivity contribution is -0.114. The fraction of sp³-hybridized carbons (Fsp3) is 0.118. The number of rotatable bonds is 5. The molecule has 2 aromatic rings. The number of hydrogen-bond acceptors (Lipinski definition) is 3. The molecule has 5 nitrogen and oxygen atoms in total. The van der Waals surface area contributed by atoms with Crippen molar-refractivity contribution in [3.05, 3.63) is 64.6 Å². The van der Waals surface area contributed by atoms with Gasteiger partial charge in [0.25, 0.3) is 10.0 Å². The van der Waals surface area contributed by atoms with Gasteiger partial charge in [-0.05, 0) is 24.6 Å². The van der Waals surface area contributed by atoms with Gasteiger partial charge < -0.3 is 5.32 Å². The van der Waals surface area contributed by atoms with Crippen molar-refractivity contribution in [2.45, 2.75) is 13.8 Å². The van der Waals surface area contributed by atoms with Crippen molar-refractivity contribution in [3.63, 3.8) is 0 Å². The first-order valence-electron chi connectivity index (χ1n) is 7.20. The molecule has 0 unspecified atom stereocenters. The summed E-state index contributed by atoms with van der Waals surface area (Å²) in [6.45, 7) is 3.05. The van der Waals surface area contributed by atoms with Gasteiger partial charge in [-0.3, -0.25) is 9.52 Å². The summed E-state index contributed by atoms with van der Waals surface area (Å²) < 4.78 is 53.5. The number of aryl methyl sites for hydroxylation is 1. The van der Waals surface area contributed by atoms with Crippen LogP contribution in [0.5, 0.6) is 0 Å². The van der Waals surface area contributed by atoms with Crippen molar-refractivity contribution in [1.82, 2.24) is 0 Å². The standard InChI is InChI=1S/C17H16F2N2O3S/c1-11-3-5-13(6-4-11)7-8-25(23,24)21-17-10-16(20-12(2)22)14(18)9-15(17)19/h3-10,21H,1-2H3,(H,20,22)/b8-7+. The molecule has 2 aromatic carbocycles. The quantitative estimate of drug-likeness (QED) is 0.848. The van der Waals surface area contributed by atoms with E-state index in [9.17, 15) is 22.0 Å². The third-order valence-corrected chi connectivity index (χ3v) is 4.14. The minimum Gasteiger partial charge on any atom is -0.324 e. The normalized spacial score (nSPS) is 11.5. The van der Waals surface area contributed by atoms with Gasteiger partial charge in [-0.2, -0.15) is 0 Å². The molecule has 0 aliphatic carbocycles. The van der Waals surface area contributed by atoms with Crippen LogP contribution >= 0.6 is 0 Å². The van der Waals surface area contributed by atoms with E-state index in [1.54, 1.807) is 12.1 Å². The molecule has 0 saturated heterocycles. The predicted molar refractivity (Wildman–Crippen MR) is 93.4 cm³/mol. The van der Waals surface area contributed by atoms with Gasteiger partial charge >= 0.3 is 0 Å². The fourth-order valence-corrected chi connectivity index (χ4v) is 2.81. The SMILES string of the molecule is CC(=O)Nc1cc(NS(=O)(=O)/C=C/c2ccc(C)cc2)c(F)cc1F. The Bertz CT molecular complexity index is 924. The van der Waals surface area contributed by atoms with Crippen LogP contribution in [0.15, 0.2) is 41.8 Å². The van der Waals surface area contributed by atoms with Crippen LogP contribution in [0, 0.1) is 18.6 Å². The van der Waals surface area contributed by atoms with Crippen LogP contribution in [0.1, 0.15) is 18.1 Å². The second-order valence-corrected chi connectivity index (χ2v) is 6.92. The Morgan fingerprint density at radius 1 is 1.04 bits per heavy atom. The summed E-state index contributed by atoms with van der Waals surface area (Å²) in [6.07, 6.45) is 1.35. The molecule has 0 aliphatic rings. The van der Waals surface area contributed by atoms with Gasteiger partial charge in [0.05, 0.1) is 16.8 Å². The van der Waals surface area contributed by atoms with Gasteiger partial charge in [-0.1, -0.05) is 29.8 Å². The van der Waals surface area contributed by atoms with E-state index in [0.29, 0.717) is 11.6 Å². The van der Waals surface area contributed by atoms with Crippen LogP contribution < -0.4 is 10.0 Å². The van der Waals surface area contributed by atoms with E-state index in [2.05, 4.69) is 5.32 Å². The summed E-state index contributed by atoms with van der Waals surface area (Å²) in [5, 5.41) is 3.03. The predicted octanol–water partition coefficient (Wildman–Crippen LogP) is 3.64. The summed E-state index contributed by atoms with van der Waals surface area (Å²) in [5.74, 6) is -2.68. The van der Waals surface area contributed by atoms with Crippen LogP contribution in [0.25, 0.3) is 6.08 Å². The molecule has 0 spiro atoms. The Kier molecular flexibility index (Phi) is 5.53. The lowest BCUT2D eigenvalue weighted by atomic mass is 10.2. The van der Waals surface area contributed by atoms with E-state index in [4.69, 9.17) is 0 Å². The van der Waals surface area contributed by atoms with Gasteiger partial charge in [0.1, 0.15) is 11.6 Å². The molecule has 2 N–H and O–H groups in total. The molecule has 2 rings (SSSR count). The molecule has 8 heteroatoms. The van der Waals surface area contributed by atoms with Gasteiger partial charge in [0, 0.05) is 13.0 Å². The lowest BCUT2D eigenvalue weighted by Gasteiger charge is -2.10. The average molecular weight is 366 g/mol. The largest absolute Gasteiger partial charge is 0.324 e. The molecule has 0 bridgehead atoms. The van der Waals surface area contributed by atoms with E-state index in [-0.39, 0.29) is 5.69 Å². The van der Waals surface area contributed by atoms with Crippen LogP contribution in [0.3, 0.4) is 0 Å². The molecule has 0 heterocycles. The molecule has 0 radical (unpaired) electrons. The maximum absolute atomic E-state index is 13.8. The van der Waals surface area contributed by atoms with Gasteiger partial charge in [0.2, 0.25) is 5.91 Å². The number of anilines is 2. The summed E-state index contributed by atoms with van der Waals surface area (Å²) >= 11 is 0. The Morgan fingerprint density at radius 3 is 2.24 bits per heavy atom. The van der Waals surface area contributed by atoms with Crippen molar-refractivity contribution in [2.24, 2.45) is 0 Å². The fourth-order valence-electron chi connectivity index (χ4n) is 1.95. The third kappa shape index (κ3) is 5.39. The minimum absolute atomic E-state index is 0.325. The third-order valence-electron chi connectivity index (χ3n) is 3.14. The smallest absolute Gasteiger partial charge is 0.255 e. The van der Waals surface area contributed by atoms with Gasteiger partial charge in [0.15, 0.2) is 0 Å². The summed E-state index contributed by atoms with van der Waals surface area (Å²) in [5.41, 5.74) is 0.874. The first-order chi connectivity index (χ1) is 11.7. The molecule has 0 aliphatic heterocycles. The van der Waals surface area contributed by atoms with Crippen molar-refractivity contribution in [2.75, 3.05) is 10.0 Å². The van der Waals surface area contributed by atoms with Crippen molar-refractivity contribution in [3.8, 4) is 0 Å². The summed E-state index contributed by atoms with van der Waals surface area (Å²) in [7, 11) is -4.03. The number of carbonyl (C=O) groups is 1. The zero-order chi connectivity index (χ0) is 18.6. The number of amides is 1. The molecular weight excluding hydrogens is 350 g/mol.